The Morgan fingerprint density at radius 3 is 2.85 bits per heavy atom. The zero-order chi connectivity index (χ0) is 27.5. The van der Waals surface area contributed by atoms with E-state index in [2.05, 4.69) is 63.7 Å². The van der Waals surface area contributed by atoms with Crippen LogP contribution >= 0.6 is 15.9 Å². The Morgan fingerprint density at radius 1 is 1.12 bits per heavy atom. The molecular weight excluding hydrogens is 572 g/mol. The van der Waals surface area contributed by atoms with Crippen molar-refractivity contribution < 1.29 is 9.53 Å². The lowest BCUT2D eigenvalue weighted by molar-refractivity contribution is -0.117. The van der Waals surface area contributed by atoms with Crippen LogP contribution in [0.4, 0.5) is 11.6 Å². The van der Waals surface area contributed by atoms with Gasteiger partial charge in [0, 0.05) is 60.7 Å². The number of carbonyl (C=O) groups is 1. The maximum absolute atomic E-state index is 12.3. The number of aromatic nitrogens is 6. The molecule has 0 bridgehead atoms. The Labute approximate surface area is 238 Å². The summed E-state index contributed by atoms with van der Waals surface area (Å²) in [5, 5.41) is 16.3. The van der Waals surface area contributed by atoms with Crippen LogP contribution in [0.3, 0.4) is 0 Å². The van der Waals surface area contributed by atoms with E-state index >= 15 is 0 Å². The molecule has 4 aromatic heterocycles. The first-order valence-corrected chi connectivity index (χ1v) is 13.7. The first kappa shape index (κ1) is 25.7. The number of hydrogen-bond donors (Lipinski definition) is 2. The number of benzene rings is 1. The molecule has 2 N–H and O–H groups in total. The SMILES string of the molecule is CNc1ncc(C#Cc2ccc3nnn(CCCOc4cccc(Br)n4)c3c2)c2cc(NC(=O)C3CC3)ncc12. The summed E-state index contributed by atoms with van der Waals surface area (Å²) >= 11 is 3.35. The molecule has 1 aliphatic rings. The zero-order valence-electron chi connectivity index (χ0n) is 21.7. The van der Waals surface area contributed by atoms with Crippen LogP contribution in [0.1, 0.15) is 30.4 Å². The normalized spacial score (nSPS) is 12.7. The molecule has 0 unspecified atom stereocenters. The van der Waals surface area contributed by atoms with E-state index < -0.39 is 0 Å². The van der Waals surface area contributed by atoms with E-state index in [-0.39, 0.29) is 11.8 Å². The molecule has 0 atom stereocenters. The van der Waals surface area contributed by atoms with Crippen LogP contribution in [-0.2, 0) is 11.3 Å². The number of ether oxygens (including phenoxy) is 1. The Bertz CT molecular complexity index is 1790. The van der Waals surface area contributed by atoms with Crippen molar-refractivity contribution in [3.05, 3.63) is 70.6 Å². The standard InChI is InChI=1S/C29H25BrN8O2/c1-31-28-22-17-32-26(35-29(39)19-9-10-19)15-21(22)20(16-33-28)8-6-18-7-11-23-24(14-18)38(37-36-23)12-3-13-40-27-5-2-4-25(30)34-27/h2,4-5,7,11,14-17,19H,3,9-10,12-13H2,1H3,(H,31,33)(H,32,35,39). The molecule has 6 rings (SSSR count). The maximum atomic E-state index is 12.3. The summed E-state index contributed by atoms with van der Waals surface area (Å²) in [6.07, 6.45) is 6.05. The van der Waals surface area contributed by atoms with Crippen LogP contribution in [-0.4, -0.2) is 49.5 Å². The number of pyridine rings is 3. The van der Waals surface area contributed by atoms with Crippen molar-refractivity contribution in [3.8, 4) is 17.7 Å². The van der Waals surface area contributed by atoms with E-state index in [1.807, 2.05) is 54.2 Å². The molecule has 200 valence electrons. The topological polar surface area (TPSA) is 120 Å². The zero-order valence-corrected chi connectivity index (χ0v) is 23.3. The monoisotopic (exact) mass is 596 g/mol. The minimum Gasteiger partial charge on any atom is -0.478 e. The smallest absolute Gasteiger partial charge is 0.228 e. The number of rotatable bonds is 8. The summed E-state index contributed by atoms with van der Waals surface area (Å²) in [7, 11) is 1.81. The predicted molar refractivity (Wildman–Crippen MR) is 156 cm³/mol. The van der Waals surface area contributed by atoms with E-state index in [4.69, 9.17) is 4.74 Å². The van der Waals surface area contributed by atoms with Crippen molar-refractivity contribution in [2.45, 2.75) is 25.8 Å². The minimum atomic E-state index is 0.0114. The van der Waals surface area contributed by atoms with Crippen LogP contribution in [0, 0.1) is 17.8 Å². The van der Waals surface area contributed by atoms with E-state index in [0.29, 0.717) is 30.7 Å². The quantitative estimate of drug-likeness (QED) is 0.149. The number of hydrogen-bond acceptors (Lipinski definition) is 8. The van der Waals surface area contributed by atoms with Crippen molar-refractivity contribution in [2.75, 3.05) is 24.3 Å². The van der Waals surface area contributed by atoms with Gasteiger partial charge < -0.3 is 15.4 Å². The van der Waals surface area contributed by atoms with Crippen LogP contribution in [0.5, 0.6) is 5.88 Å². The number of nitrogens with zero attached hydrogens (tertiary/aromatic N) is 6. The van der Waals surface area contributed by atoms with Crippen LogP contribution in [0.25, 0.3) is 21.8 Å². The second kappa shape index (κ2) is 11.3. The van der Waals surface area contributed by atoms with E-state index in [1.165, 1.54) is 0 Å². The molecule has 0 saturated heterocycles. The number of nitrogens with one attached hydrogen (secondary N) is 2. The number of halogens is 1. The second-order valence-corrected chi connectivity index (χ2v) is 10.2. The van der Waals surface area contributed by atoms with Gasteiger partial charge in [-0.1, -0.05) is 23.1 Å². The molecule has 1 aliphatic carbocycles. The molecular formula is C29H25BrN8O2. The van der Waals surface area contributed by atoms with Gasteiger partial charge in [0.25, 0.3) is 0 Å². The van der Waals surface area contributed by atoms with Gasteiger partial charge in [0.2, 0.25) is 11.8 Å². The minimum absolute atomic E-state index is 0.0114. The number of amides is 1. The van der Waals surface area contributed by atoms with Gasteiger partial charge in [-0.05, 0) is 59.1 Å². The summed E-state index contributed by atoms with van der Waals surface area (Å²) in [6.45, 7) is 1.15. The van der Waals surface area contributed by atoms with Gasteiger partial charge >= 0.3 is 0 Å². The third kappa shape index (κ3) is 5.72. The first-order valence-electron chi connectivity index (χ1n) is 13.0. The molecule has 0 aliphatic heterocycles. The Kier molecular flexibility index (Phi) is 7.25. The van der Waals surface area contributed by atoms with Crippen LogP contribution in [0.2, 0.25) is 0 Å². The summed E-state index contributed by atoms with van der Waals surface area (Å²) in [4.78, 5) is 25.5. The lowest BCUT2D eigenvalue weighted by atomic mass is 10.1. The van der Waals surface area contributed by atoms with Crippen molar-refractivity contribution in [1.29, 1.82) is 0 Å². The molecule has 10 nitrogen and oxygen atoms in total. The number of carbonyl (C=O) groups excluding carboxylic acids is 1. The van der Waals surface area contributed by atoms with Gasteiger partial charge in [-0.3, -0.25) is 4.79 Å². The van der Waals surface area contributed by atoms with E-state index in [0.717, 1.165) is 56.8 Å². The summed E-state index contributed by atoms with van der Waals surface area (Å²) in [5.74, 6) is 8.41. The molecule has 5 aromatic rings. The molecule has 1 aromatic carbocycles. The van der Waals surface area contributed by atoms with E-state index in [1.54, 1.807) is 12.4 Å². The van der Waals surface area contributed by atoms with Gasteiger partial charge in [0.1, 0.15) is 21.8 Å². The average molecular weight is 597 g/mol. The Hall–Kier alpha value is -4.56. The summed E-state index contributed by atoms with van der Waals surface area (Å²) in [6, 6.07) is 13.3. The van der Waals surface area contributed by atoms with Crippen LogP contribution < -0.4 is 15.4 Å². The van der Waals surface area contributed by atoms with Crippen molar-refractivity contribution in [2.24, 2.45) is 5.92 Å². The number of fused-ring (bicyclic) bond motifs is 2. The maximum Gasteiger partial charge on any atom is 0.228 e. The molecule has 0 radical (unpaired) electrons. The summed E-state index contributed by atoms with van der Waals surface area (Å²) in [5.41, 5.74) is 3.26. The largest absolute Gasteiger partial charge is 0.478 e. The van der Waals surface area contributed by atoms with Gasteiger partial charge in [0.15, 0.2) is 0 Å². The highest BCUT2D eigenvalue weighted by Gasteiger charge is 2.29. The first-order chi connectivity index (χ1) is 19.6. The Morgan fingerprint density at radius 2 is 2.02 bits per heavy atom. The van der Waals surface area contributed by atoms with Gasteiger partial charge in [-0.2, -0.15) is 0 Å². The lowest BCUT2D eigenvalue weighted by Crippen LogP contribution is -2.14. The van der Waals surface area contributed by atoms with Crippen molar-refractivity contribution in [3.63, 3.8) is 0 Å². The number of anilines is 2. The highest BCUT2D eigenvalue weighted by molar-refractivity contribution is 9.10. The molecule has 0 spiro atoms. The average Bonchev–Trinajstić information content (AvgIpc) is 3.75. The fraction of sp³-hybridized carbons (Fsp3) is 0.241. The molecule has 1 saturated carbocycles. The van der Waals surface area contributed by atoms with Crippen molar-refractivity contribution in [1.82, 2.24) is 29.9 Å². The molecule has 1 amide bonds. The highest BCUT2D eigenvalue weighted by atomic mass is 79.9. The van der Waals surface area contributed by atoms with Gasteiger partial charge in [-0.15, -0.1) is 5.10 Å². The van der Waals surface area contributed by atoms with Gasteiger partial charge in [-0.25, -0.2) is 19.6 Å². The molecule has 1 fully saturated rings. The Balaban J connectivity index is 1.22. The third-order valence-electron chi connectivity index (χ3n) is 6.52. The fourth-order valence-electron chi connectivity index (χ4n) is 4.28. The second-order valence-electron chi connectivity index (χ2n) is 9.42. The third-order valence-corrected chi connectivity index (χ3v) is 6.96. The number of aryl methyl sites for hydroxylation is 1. The van der Waals surface area contributed by atoms with Crippen LogP contribution in [0.15, 0.2) is 59.5 Å². The fourth-order valence-corrected chi connectivity index (χ4v) is 4.61. The van der Waals surface area contributed by atoms with Crippen molar-refractivity contribution >= 4 is 55.3 Å². The molecule has 40 heavy (non-hydrogen) atoms. The lowest BCUT2D eigenvalue weighted by Gasteiger charge is -2.09. The molecule has 4 heterocycles. The summed E-state index contributed by atoms with van der Waals surface area (Å²) < 4.78 is 8.34. The highest BCUT2D eigenvalue weighted by Crippen LogP contribution is 2.31. The van der Waals surface area contributed by atoms with Gasteiger partial charge in [0.05, 0.1) is 17.7 Å². The predicted octanol–water partition coefficient (Wildman–Crippen LogP) is 4.79. The molecule has 11 heteroatoms. The van der Waals surface area contributed by atoms with E-state index in [9.17, 15) is 4.79 Å².